The first-order valence-corrected chi connectivity index (χ1v) is 6.22. The molecule has 16 heavy (non-hydrogen) atoms. The Morgan fingerprint density at radius 2 is 2.38 bits per heavy atom. The van der Waals surface area contributed by atoms with Crippen molar-refractivity contribution in [3.05, 3.63) is 28.2 Å². The van der Waals surface area contributed by atoms with Crippen molar-refractivity contribution in [1.29, 1.82) is 0 Å². The number of carbonyl (C=O) groups is 1. The highest BCUT2D eigenvalue weighted by Gasteiger charge is 2.12. The van der Waals surface area contributed by atoms with Crippen LogP contribution in [0.25, 0.3) is 0 Å². The SMILES string of the molecule is CCC(CCBr)NC(=O)c1ccc(=O)[nH]n1. The lowest BCUT2D eigenvalue weighted by atomic mass is 10.1. The maximum Gasteiger partial charge on any atom is 0.271 e. The average Bonchev–Trinajstić information content (AvgIpc) is 2.29. The van der Waals surface area contributed by atoms with E-state index < -0.39 is 0 Å². The van der Waals surface area contributed by atoms with E-state index in [1.54, 1.807) is 0 Å². The Morgan fingerprint density at radius 1 is 1.62 bits per heavy atom. The molecule has 1 atom stereocenters. The molecule has 1 amide bonds. The molecule has 0 radical (unpaired) electrons. The third-order valence-electron chi connectivity index (χ3n) is 2.20. The first-order chi connectivity index (χ1) is 7.67. The predicted octanol–water partition coefficient (Wildman–Crippen LogP) is 1.06. The molecule has 1 aromatic heterocycles. The van der Waals surface area contributed by atoms with Crippen LogP contribution in [0, 0.1) is 0 Å². The van der Waals surface area contributed by atoms with Gasteiger partial charge in [-0.05, 0) is 18.9 Å². The average molecular weight is 288 g/mol. The second-order valence-electron chi connectivity index (χ2n) is 3.36. The van der Waals surface area contributed by atoms with Gasteiger partial charge in [0.25, 0.3) is 11.5 Å². The molecule has 0 fully saturated rings. The number of aromatic nitrogens is 2. The third-order valence-corrected chi connectivity index (χ3v) is 2.66. The molecule has 0 aliphatic heterocycles. The van der Waals surface area contributed by atoms with E-state index in [1.807, 2.05) is 6.92 Å². The van der Waals surface area contributed by atoms with E-state index in [9.17, 15) is 9.59 Å². The zero-order valence-electron chi connectivity index (χ0n) is 9.00. The first kappa shape index (κ1) is 12.9. The molecule has 0 aromatic carbocycles. The van der Waals surface area contributed by atoms with E-state index in [4.69, 9.17) is 0 Å². The van der Waals surface area contributed by atoms with Crippen molar-refractivity contribution < 1.29 is 4.79 Å². The molecular weight excluding hydrogens is 274 g/mol. The molecule has 0 spiro atoms. The van der Waals surface area contributed by atoms with Crippen LogP contribution in [0.1, 0.15) is 30.3 Å². The number of nitrogens with zero attached hydrogens (tertiary/aromatic N) is 1. The van der Waals surface area contributed by atoms with E-state index >= 15 is 0 Å². The molecule has 0 saturated heterocycles. The zero-order chi connectivity index (χ0) is 12.0. The summed E-state index contributed by atoms with van der Waals surface area (Å²) in [6.45, 7) is 2.01. The van der Waals surface area contributed by atoms with Gasteiger partial charge in [-0.1, -0.05) is 22.9 Å². The number of hydrogen-bond acceptors (Lipinski definition) is 3. The summed E-state index contributed by atoms with van der Waals surface area (Å²) in [5.74, 6) is -0.260. The summed E-state index contributed by atoms with van der Waals surface area (Å²) in [6, 6.07) is 2.82. The van der Waals surface area contributed by atoms with E-state index in [0.717, 1.165) is 18.2 Å². The van der Waals surface area contributed by atoms with E-state index in [-0.39, 0.29) is 23.2 Å². The predicted molar refractivity (Wildman–Crippen MR) is 64.8 cm³/mol. The quantitative estimate of drug-likeness (QED) is 0.796. The van der Waals surface area contributed by atoms with Gasteiger partial charge in [-0.3, -0.25) is 9.59 Å². The van der Waals surface area contributed by atoms with E-state index in [0.29, 0.717) is 0 Å². The fraction of sp³-hybridized carbons (Fsp3) is 0.500. The van der Waals surface area contributed by atoms with Crippen LogP contribution in [0.5, 0.6) is 0 Å². The normalized spacial score (nSPS) is 12.1. The van der Waals surface area contributed by atoms with Crippen LogP contribution >= 0.6 is 15.9 Å². The van der Waals surface area contributed by atoms with Crippen LogP contribution in [0.15, 0.2) is 16.9 Å². The van der Waals surface area contributed by atoms with Crippen LogP contribution in [-0.2, 0) is 0 Å². The molecule has 0 bridgehead atoms. The van der Waals surface area contributed by atoms with Crippen molar-refractivity contribution in [1.82, 2.24) is 15.5 Å². The maximum atomic E-state index is 11.7. The number of nitrogens with one attached hydrogen (secondary N) is 2. The standard InChI is InChI=1S/C10H14BrN3O2/c1-2-7(5-6-11)12-10(16)8-3-4-9(15)14-13-8/h3-4,7H,2,5-6H2,1H3,(H,12,16)(H,14,15). The van der Waals surface area contributed by atoms with Crippen LogP contribution in [0.4, 0.5) is 0 Å². The molecule has 0 aliphatic rings. The highest BCUT2D eigenvalue weighted by molar-refractivity contribution is 9.09. The number of rotatable bonds is 5. The Kier molecular flexibility index (Phi) is 5.18. The highest BCUT2D eigenvalue weighted by Crippen LogP contribution is 2.01. The van der Waals surface area contributed by atoms with Crippen molar-refractivity contribution in [3.63, 3.8) is 0 Å². The van der Waals surface area contributed by atoms with Gasteiger partial charge >= 0.3 is 0 Å². The summed E-state index contributed by atoms with van der Waals surface area (Å²) >= 11 is 3.33. The minimum absolute atomic E-state index is 0.126. The van der Waals surface area contributed by atoms with Gasteiger partial charge in [-0.2, -0.15) is 5.10 Å². The maximum absolute atomic E-state index is 11.7. The molecule has 2 N–H and O–H groups in total. The van der Waals surface area contributed by atoms with Crippen LogP contribution in [0.3, 0.4) is 0 Å². The largest absolute Gasteiger partial charge is 0.348 e. The van der Waals surface area contributed by atoms with Gasteiger partial charge in [-0.15, -0.1) is 0 Å². The molecule has 1 aromatic rings. The molecular formula is C10H14BrN3O2. The molecule has 5 nitrogen and oxygen atoms in total. The zero-order valence-corrected chi connectivity index (χ0v) is 10.6. The van der Waals surface area contributed by atoms with Gasteiger partial charge < -0.3 is 5.32 Å². The molecule has 0 aliphatic carbocycles. The minimum Gasteiger partial charge on any atom is -0.348 e. The molecule has 6 heteroatoms. The Balaban J connectivity index is 2.64. The van der Waals surface area contributed by atoms with Crippen LogP contribution in [0.2, 0.25) is 0 Å². The number of H-pyrrole nitrogens is 1. The number of amides is 1. The fourth-order valence-corrected chi connectivity index (χ4v) is 1.79. The van der Waals surface area contributed by atoms with E-state index in [2.05, 4.69) is 31.4 Å². The lowest BCUT2D eigenvalue weighted by Crippen LogP contribution is -2.35. The van der Waals surface area contributed by atoms with Crippen molar-refractivity contribution in [2.75, 3.05) is 5.33 Å². The lowest BCUT2D eigenvalue weighted by molar-refractivity contribution is 0.0929. The Morgan fingerprint density at radius 3 is 2.88 bits per heavy atom. The highest BCUT2D eigenvalue weighted by atomic mass is 79.9. The third kappa shape index (κ3) is 3.77. The lowest BCUT2D eigenvalue weighted by Gasteiger charge is -2.14. The summed E-state index contributed by atoms with van der Waals surface area (Å²) < 4.78 is 0. The minimum atomic E-state index is -0.316. The van der Waals surface area contributed by atoms with Gasteiger partial charge in [-0.25, -0.2) is 5.10 Å². The molecule has 1 heterocycles. The summed E-state index contributed by atoms with van der Waals surface area (Å²) in [6.07, 6.45) is 1.73. The van der Waals surface area contributed by atoms with Crippen molar-refractivity contribution in [2.24, 2.45) is 0 Å². The summed E-state index contributed by atoms with van der Waals surface area (Å²) in [4.78, 5) is 22.5. The molecule has 1 rings (SSSR count). The molecule has 0 saturated carbocycles. The van der Waals surface area contributed by atoms with Gasteiger partial charge in [0.05, 0.1) is 0 Å². The van der Waals surface area contributed by atoms with E-state index in [1.165, 1.54) is 12.1 Å². The molecule has 88 valence electrons. The summed E-state index contributed by atoms with van der Waals surface area (Å²) in [7, 11) is 0. The Bertz CT molecular complexity index is 385. The number of hydrogen-bond donors (Lipinski definition) is 2. The van der Waals surface area contributed by atoms with Crippen LogP contribution < -0.4 is 10.9 Å². The summed E-state index contributed by atoms with van der Waals surface area (Å²) in [5, 5.41) is 9.58. The second kappa shape index (κ2) is 6.42. The number of halogens is 1. The second-order valence-corrected chi connectivity index (χ2v) is 4.16. The Hall–Kier alpha value is -1.17. The van der Waals surface area contributed by atoms with Crippen LogP contribution in [-0.4, -0.2) is 27.5 Å². The monoisotopic (exact) mass is 287 g/mol. The molecule has 1 unspecified atom stereocenters. The van der Waals surface area contributed by atoms with Crippen molar-refractivity contribution >= 4 is 21.8 Å². The number of carbonyl (C=O) groups excluding carboxylic acids is 1. The summed E-state index contributed by atoms with van der Waals surface area (Å²) in [5.41, 5.74) is -0.0864. The fourth-order valence-electron chi connectivity index (χ4n) is 1.24. The number of aromatic amines is 1. The number of alkyl halides is 1. The topological polar surface area (TPSA) is 74.8 Å². The smallest absolute Gasteiger partial charge is 0.271 e. The Labute approximate surface area is 102 Å². The van der Waals surface area contributed by atoms with Gasteiger partial charge in [0.1, 0.15) is 5.69 Å². The van der Waals surface area contributed by atoms with Crippen molar-refractivity contribution in [2.45, 2.75) is 25.8 Å². The van der Waals surface area contributed by atoms with Gasteiger partial charge in [0, 0.05) is 17.4 Å². The van der Waals surface area contributed by atoms with Gasteiger partial charge in [0.15, 0.2) is 0 Å². The van der Waals surface area contributed by atoms with Gasteiger partial charge in [0.2, 0.25) is 0 Å². The first-order valence-electron chi connectivity index (χ1n) is 5.10. The van der Waals surface area contributed by atoms with Crippen molar-refractivity contribution in [3.8, 4) is 0 Å².